The van der Waals surface area contributed by atoms with Gasteiger partial charge in [-0.3, -0.25) is 0 Å². The molecule has 0 saturated heterocycles. The number of hydrogen-bond donors (Lipinski definition) is 0. The number of esters is 2. The van der Waals surface area contributed by atoms with E-state index in [1.807, 2.05) is 0 Å². The maximum atomic E-state index is 11.0. The number of hydrogen-bond acceptors (Lipinski definition) is 6. The van der Waals surface area contributed by atoms with Gasteiger partial charge in [0.15, 0.2) is 0 Å². The van der Waals surface area contributed by atoms with Crippen LogP contribution in [0.1, 0.15) is 13.3 Å². The smallest absolute Gasteiger partial charge is 0.333 e. The summed E-state index contributed by atoms with van der Waals surface area (Å²) in [6.45, 7) is 8.08. The Morgan fingerprint density at radius 1 is 1.29 bits per heavy atom. The summed E-state index contributed by atoms with van der Waals surface area (Å²) >= 11 is 0. The molecule has 92 valence electrons. The van der Waals surface area contributed by atoms with E-state index in [9.17, 15) is 14.4 Å². The zero-order chi connectivity index (χ0) is 13.3. The van der Waals surface area contributed by atoms with Crippen molar-refractivity contribution in [2.24, 2.45) is 4.99 Å². The summed E-state index contributed by atoms with van der Waals surface area (Å²) in [6.07, 6.45) is 2.17. The lowest BCUT2D eigenvalue weighted by Gasteiger charge is -2.20. The van der Waals surface area contributed by atoms with Crippen LogP contribution in [0.2, 0.25) is 0 Å². The Morgan fingerprint density at radius 3 is 2.06 bits per heavy atom. The van der Waals surface area contributed by atoms with Gasteiger partial charge in [0, 0.05) is 12.2 Å². The fourth-order valence-corrected chi connectivity index (χ4v) is 0.919. The number of rotatable bonds is 7. The van der Waals surface area contributed by atoms with Gasteiger partial charge in [0.1, 0.15) is 6.04 Å². The summed E-state index contributed by atoms with van der Waals surface area (Å²) in [7, 11) is 0. The predicted octanol–water partition coefficient (Wildman–Crippen LogP) is 0.885. The highest BCUT2D eigenvalue weighted by Crippen LogP contribution is 2.10. The average molecular weight is 239 g/mol. The van der Waals surface area contributed by atoms with Crippen LogP contribution in [0.3, 0.4) is 0 Å². The van der Waals surface area contributed by atoms with E-state index in [-0.39, 0.29) is 0 Å². The zero-order valence-corrected chi connectivity index (χ0v) is 9.42. The van der Waals surface area contributed by atoms with E-state index >= 15 is 0 Å². The van der Waals surface area contributed by atoms with Crippen molar-refractivity contribution in [2.75, 3.05) is 0 Å². The molecule has 1 atom stereocenters. The molecule has 0 aliphatic rings. The molecule has 0 fully saturated rings. The summed E-state index contributed by atoms with van der Waals surface area (Å²) in [4.78, 5) is 35.6. The fraction of sp³-hybridized carbons (Fsp3) is 0.364. The number of carbonyl (C=O) groups is 2. The standard InChI is InChI=1S/C11H13NO5/c1-4-8(12-7-13)11(16-9(14)5-2)17-10(15)6-3/h5-6,8,11H,2-4H2,1H3. The highest BCUT2D eigenvalue weighted by Gasteiger charge is 2.26. The van der Waals surface area contributed by atoms with Crippen LogP contribution in [0.15, 0.2) is 30.3 Å². The molecule has 0 aromatic heterocycles. The first-order valence-electron chi connectivity index (χ1n) is 4.82. The van der Waals surface area contributed by atoms with Crippen LogP contribution in [-0.4, -0.2) is 30.4 Å². The Balaban J connectivity index is 4.85. The maximum absolute atomic E-state index is 11.0. The van der Waals surface area contributed by atoms with Crippen LogP contribution in [-0.2, 0) is 23.9 Å². The summed E-state index contributed by atoms with van der Waals surface area (Å²) in [5, 5.41) is 0. The second kappa shape index (κ2) is 8.01. The van der Waals surface area contributed by atoms with Crippen LogP contribution in [0.4, 0.5) is 0 Å². The molecule has 0 aromatic carbocycles. The second-order valence-electron chi connectivity index (χ2n) is 2.85. The lowest BCUT2D eigenvalue weighted by Crippen LogP contribution is -2.33. The second-order valence-corrected chi connectivity index (χ2v) is 2.85. The van der Waals surface area contributed by atoms with E-state index < -0.39 is 24.3 Å². The van der Waals surface area contributed by atoms with Crippen molar-refractivity contribution in [3.05, 3.63) is 25.3 Å². The molecule has 0 aromatic rings. The molecule has 0 saturated carbocycles. The molecule has 0 spiro atoms. The van der Waals surface area contributed by atoms with E-state index in [2.05, 4.69) is 18.2 Å². The van der Waals surface area contributed by atoms with Crippen molar-refractivity contribution < 1.29 is 23.9 Å². The zero-order valence-electron chi connectivity index (χ0n) is 9.42. The molecular formula is C11H13NO5. The quantitative estimate of drug-likeness (QED) is 0.216. The fourth-order valence-electron chi connectivity index (χ4n) is 0.919. The van der Waals surface area contributed by atoms with Gasteiger partial charge in [-0.25, -0.2) is 14.4 Å². The molecule has 0 N–H and O–H groups in total. The Bertz CT molecular complexity index is 335. The van der Waals surface area contributed by atoms with E-state index in [0.29, 0.717) is 6.42 Å². The molecular weight excluding hydrogens is 226 g/mol. The molecule has 0 heterocycles. The summed E-state index contributed by atoms with van der Waals surface area (Å²) in [6, 6.07) is -0.805. The third kappa shape index (κ3) is 5.44. The molecule has 0 rings (SSSR count). The van der Waals surface area contributed by atoms with Crippen molar-refractivity contribution in [3.8, 4) is 0 Å². The topological polar surface area (TPSA) is 82.0 Å². The lowest BCUT2D eigenvalue weighted by molar-refractivity contribution is -0.184. The van der Waals surface area contributed by atoms with Gasteiger partial charge in [0.05, 0.1) is 0 Å². The molecule has 6 nitrogen and oxygen atoms in total. The van der Waals surface area contributed by atoms with Crippen molar-refractivity contribution in [2.45, 2.75) is 25.7 Å². The third-order valence-electron chi connectivity index (χ3n) is 1.75. The maximum Gasteiger partial charge on any atom is 0.333 e. The minimum absolute atomic E-state index is 0.328. The van der Waals surface area contributed by atoms with Crippen LogP contribution in [0.5, 0.6) is 0 Å². The third-order valence-corrected chi connectivity index (χ3v) is 1.75. The molecule has 0 aliphatic heterocycles. The van der Waals surface area contributed by atoms with Gasteiger partial charge >= 0.3 is 11.9 Å². The molecule has 0 aliphatic carbocycles. The highest BCUT2D eigenvalue weighted by molar-refractivity contribution is 5.83. The number of carbonyl (C=O) groups excluding carboxylic acids is 3. The van der Waals surface area contributed by atoms with Gasteiger partial charge in [-0.1, -0.05) is 20.1 Å². The molecule has 0 bridgehead atoms. The van der Waals surface area contributed by atoms with E-state index in [1.54, 1.807) is 6.92 Å². The number of isocyanates is 1. The highest BCUT2D eigenvalue weighted by atomic mass is 16.7. The van der Waals surface area contributed by atoms with Crippen molar-refractivity contribution >= 4 is 18.0 Å². The van der Waals surface area contributed by atoms with Crippen LogP contribution < -0.4 is 0 Å². The Kier molecular flexibility index (Phi) is 6.97. The first kappa shape index (κ1) is 14.8. The van der Waals surface area contributed by atoms with Gasteiger partial charge in [-0.15, -0.1) is 0 Å². The van der Waals surface area contributed by atoms with Crippen molar-refractivity contribution in [3.63, 3.8) is 0 Å². The van der Waals surface area contributed by atoms with Gasteiger partial charge < -0.3 is 9.47 Å². The van der Waals surface area contributed by atoms with E-state index in [0.717, 1.165) is 12.2 Å². The number of nitrogens with zero attached hydrogens (tertiary/aromatic N) is 1. The SMILES string of the molecule is C=CC(=O)OC(OC(=O)C=C)C(CC)N=C=O. The minimum Gasteiger partial charge on any atom is -0.420 e. The summed E-state index contributed by atoms with van der Waals surface area (Å²) in [5.74, 6) is -1.57. The normalized spacial score (nSPS) is 10.9. The molecule has 1 unspecified atom stereocenters. The predicted molar refractivity (Wildman–Crippen MR) is 58.6 cm³/mol. The van der Waals surface area contributed by atoms with Crippen LogP contribution in [0, 0.1) is 0 Å². The number of ether oxygens (including phenoxy) is 2. The van der Waals surface area contributed by atoms with Crippen LogP contribution in [0.25, 0.3) is 0 Å². The Morgan fingerprint density at radius 2 is 1.76 bits per heavy atom. The van der Waals surface area contributed by atoms with Gasteiger partial charge in [-0.05, 0) is 6.42 Å². The van der Waals surface area contributed by atoms with Crippen molar-refractivity contribution in [1.82, 2.24) is 0 Å². The monoisotopic (exact) mass is 239 g/mol. The van der Waals surface area contributed by atoms with Gasteiger partial charge in [-0.2, -0.15) is 4.99 Å². The van der Waals surface area contributed by atoms with Gasteiger partial charge in [0.2, 0.25) is 6.08 Å². The van der Waals surface area contributed by atoms with Crippen LogP contribution >= 0.6 is 0 Å². The van der Waals surface area contributed by atoms with Gasteiger partial charge in [0.25, 0.3) is 6.29 Å². The van der Waals surface area contributed by atoms with Crippen molar-refractivity contribution in [1.29, 1.82) is 0 Å². The molecule has 0 radical (unpaired) electrons. The first-order valence-corrected chi connectivity index (χ1v) is 4.82. The van der Waals surface area contributed by atoms with E-state index in [1.165, 1.54) is 6.08 Å². The Hall–Kier alpha value is -2.20. The number of aliphatic imine (C=N–C) groups is 1. The molecule has 6 heteroatoms. The van der Waals surface area contributed by atoms with E-state index in [4.69, 9.17) is 9.47 Å². The lowest BCUT2D eigenvalue weighted by atomic mass is 10.2. The summed E-state index contributed by atoms with van der Waals surface area (Å²) < 4.78 is 9.51. The Labute approximate surface area is 98.6 Å². The average Bonchev–Trinajstić information content (AvgIpc) is 2.34. The minimum atomic E-state index is -1.29. The summed E-state index contributed by atoms with van der Waals surface area (Å²) in [5.41, 5.74) is 0. The molecule has 0 amide bonds. The first-order chi connectivity index (χ1) is 8.08. The largest absolute Gasteiger partial charge is 0.420 e. The molecule has 17 heavy (non-hydrogen) atoms.